The Morgan fingerprint density at radius 3 is 2.41 bits per heavy atom. The highest BCUT2D eigenvalue weighted by Gasteiger charge is 2.17. The van der Waals surface area contributed by atoms with E-state index in [-0.39, 0.29) is 24.0 Å². The Kier molecular flexibility index (Phi) is 7.28. The van der Waals surface area contributed by atoms with Gasteiger partial charge in [0.1, 0.15) is 5.75 Å². The molecule has 0 aliphatic heterocycles. The lowest BCUT2D eigenvalue weighted by atomic mass is 9.95. The molecular weight excluding hydrogens is 364 g/mol. The van der Waals surface area contributed by atoms with Gasteiger partial charge in [-0.15, -0.1) is 0 Å². The fraction of sp³-hybridized carbons (Fsp3) is 0.417. The Morgan fingerprint density at radius 1 is 1.00 bits per heavy atom. The molecule has 2 aromatic rings. The number of anilines is 1. The smallest absolute Gasteiger partial charge is 0.255 e. The Morgan fingerprint density at radius 2 is 1.72 bits per heavy atom. The SMILES string of the molecule is CCC(C)Oc1ccc(C(=O)Nc2cccc(C(=O)NC3CCCCC3)c2)cc1. The largest absolute Gasteiger partial charge is 0.491 e. The van der Waals surface area contributed by atoms with Crippen LogP contribution in [0.2, 0.25) is 0 Å². The first kappa shape index (κ1) is 20.9. The third-order valence-electron chi connectivity index (χ3n) is 5.35. The highest BCUT2D eigenvalue weighted by Crippen LogP contribution is 2.19. The van der Waals surface area contributed by atoms with Crippen LogP contribution in [0.15, 0.2) is 48.5 Å². The molecule has 1 aliphatic carbocycles. The van der Waals surface area contributed by atoms with Crippen LogP contribution in [-0.2, 0) is 0 Å². The van der Waals surface area contributed by atoms with Crippen molar-refractivity contribution in [1.82, 2.24) is 5.32 Å². The molecular formula is C24H30N2O3. The highest BCUT2D eigenvalue weighted by molar-refractivity contribution is 6.05. The number of hydrogen-bond donors (Lipinski definition) is 2. The van der Waals surface area contributed by atoms with Crippen molar-refractivity contribution in [2.45, 2.75) is 64.5 Å². The summed E-state index contributed by atoms with van der Waals surface area (Å²) in [5.41, 5.74) is 1.70. The minimum absolute atomic E-state index is 0.0838. The van der Waals surface area contributed by atoms with Crippen LogP contribution >= 0.6 is 0 Å². The maximum atomic E-state index is 12.5. The van der Waals surface area contributed by atoms with E-state index in [1.54, 1.807) is 48.5 Å². The van der Waals surface area contributed by atoms with Crippen LogP contribution in [0.3, 0.4) is 0 Å². The van der Waals surface area contributed by atoms with Crippen LogP contribution in [0.25, 0.3) is 0 Å². The predicted octanol–water partition coefficient (Wildman–Crippen LogP) is 5.18. The zero-order valence-corrected chi connectivity index (χ0v) is 17.2. The van der Waals surface area contributed by atoms with Crippen molar-refractivity contribution in [2.75, 3.05) is 5.32 Å². The van der Waals surface area contributed by atoms with E-state index >= 15 is 0 Å². The van der Waals surface area contributed by atoms with Crippen LogP contribution in [-0.4, -0.2) is 24.0 Å². The van der Waals surface area contributed by atoms with Gasteiger partial charge in [-0.2, -0.15) is 0 Å². The first-order chi connectivity index (χ1) is 14.0. The van der Waals surface area contributed by atoms with Gasteiger partial charge in [0, 0.05) is 22.9 Å². The van der Waals surface area contributed by atoms with Gasteiger partial charge in [-0.05, 0) is 68.7 Å². The number of rotatable bonds is 7. The second kappa shape index (κ2) is 10.1. The van der Waals surface area contributed by atoms with Gasteiger partial charge in [-0.1, -0.05) is 32.3 Å². The van der Waals surface area contributed by atoms with Crippen molar-refractivity contribution in [1.29, 1.82) is 0 Å². The summed E-state index contributed by atoms with van der Waals surface area (Å²) in [6, 6.07) is 14.4. The molecule has 29 heavy (non-hydrogen) atoms. The van der Waals surface area contributed by atoms with Crippen LogP contribution < -0.4 is 15.4 Å². The average Bonchev–Trinajstić information content (AvgIpc) is 2.75. The molecule has 1 unspecified atom stereocenters. The average molecular weight is 395 g/mol. The monoisotopic (exact) mass is 394 g/mol. The van der Waals surface area contributed by atoms with E-state index in [1.165, 1.54) is 19.3 Å². The maximum Gasteiger partial charge on any atom is 0.255 e. The minimum Gasteiger partial charge on any atom is -0.491 e. The van der Waals surface area contributed by atoms with Crippen molar-refractivity contribution in [2.24, 2.45) is 0 Å². The van der Waals surface area contributed by atoms with E-state index in [2.05, 4.69) is 17.6 Å². The topological polar surface area (TPSA) is 67.4 Å². The Bertz CT molecular complexity index is 826. The number of hydrogen-bond acceptors (Lipinski definition) is 3. The summed E-state index contributed by atoms with van der Waals surface area (Å²) in [6.07, 6.45) is 6.73. The van der Waals surface area contributed by atoms with Gasteiger partial charge in [0.15, 0.2) is 0 Å². The molecule has 0 spiro atoms. The first-order valence-electron chi connectivity index (χ1n) is 10.5. The Labute approximate surface area is 172 Å². The lowest BCUT2D eigenvalue weighted by Gasteiger charge is -2.22. The zero-order valence-electron chi connectivity index (χ0n) is 17.2. The van der Waals surface area contributed by atoms with Crippen LogP contribution in [0, 0.1) is 0 Å². The summed E-state index contributed by atoms with van der Waals surface area (Å²) in [4.78, 5) is 25.1. The summed E-state index contributed by atoms with van der Waals surface area (Å²) in [7, 11) is 0. The van der Waals surface area contributed by atoms with E-state index in [0.717, 1.165) is 25.0 Å². The molecule has 0 heterocycles. The van der Waals surface area contributed by atoms with Gasteiger partial charge < -0.3 is 15.4 Å². The molecule has 0 aromatic heterocycles. The number of carbonyl (C=O) groups excluding carboxylic acids is 2. The van der Waals surface area contributed by atoms with Gasteiger partial charge >= 0.3 is 0 Å². The minimum atomic E-state index is -0.218. The fourth-order valence-corrected chi connectivity index (χ4v) is 3.46. The van der Waals surface area contributed by atoms with Gasteiger partial charge in [0.2, 0.25) is 0 Å². The molecule has 0 radical (unpaired) electrons. The van der Waals surface area contributed by atoms with Crippen molar-refractivity contribution in [3.8, 4) is 5.75 Å². The number of carbonyl (C=O) groups is 2. The second-order valence-corrected chi connectivity index (χ2v) is 7.70. The van der Waals surface area contributed by atoms with E-state index in [9.17, 15) is 9.59 Å². The lowest BCUT2D eigenvalue weighted by molar-refractivity contribution is 0.0926. The molecule has 2 amide bonds. The quantitative estimate of drug-likeness (QED) is 0.680. The summed E-state index contributed by atoms with van der Waals surface area (Å²) in [5.74, 6) is 0.446. The standard InChI is InChI=1S/C24H30N2O3/c1-3-17(2)29-22-14-12-18(13-15-22)23(27)26-21-11-7-8-19(16-21)24(28)25-20-9-5-4-6-10-20/h7-8,11-17,20H,3-6,9-10H2,1-2H3,(H,25,28)(H,26,27). The highest BCUT2D eigenvalue weighted by atomic mass is 16.5. The molecule has 1 aliphatic rings. The normalized spacial score (nSPS) is 15.4. The number of ether oxygens (including phenoxy) is 1. The summed E-state index contributed by atoms with van der Waals surface area (Å²) in [6.45, 7) is 4.08. The molecule has 2 N–H and O–H groups in total. The number of amides is 2. The van der Waals surface area contributed by atoms with E-state index < -0.39 is 0 Å². The zero-order chi connectivity index (χ0) is 20.6. The summed E-state index contributed by atoms with van der Waals surface area (Å²) < 4.78 is 5.74. The number of nitrogens with one attached hydrogen (secondary N) is 2. The van der Waals surface area contributed by atoms with Crippen molar-refractivity contribution < 1.29 is 14.3 Å². The fourth-order valence-electron chi connectivity index (χ4n) is 3.46. The Balaban J connectivity index is 1.60. The van der Waals surface area contributed by atoms with Gasteiger partial charge in [-0.3, -0.25) is 9.59 Å². The molecule has 154 valence electrons. The van der Waals surface area contributed by atoms with Crippen LogP contribution in [0.5, 0.6) is 5.75 Å². The third kappa shape index (κ3) is 6.08. The van der Waals surface area contributed by atoms with E-state index in [4.69, 9.17) is 4.74 Å². The lowest BCUT2D eigenvalue weighted by Crippen LogP contribution is -2.36. The van der Waals surface area contributed by atoms with E-state index in [1.807, 2.05) is 6.92 Å². The van der Waals surface area contributed by atoms with Crippen molar-refractivity contribution in [3.05, 3.63) is 59.7 Å². The van der Waals surface area contributed by atoms with Crippen molar-refractivity contribution >= 4 is 17.5 Å². The molecule has 0 bridgehead atoms. The summed E-state index contributed by atoms with van der Waals surface area (Å²) in [5, 5.41) is 5.98. The number of benzene rings is 2. The van der Waals surface area contributed by atoms with Crippen LogP contribution in [0.1, 0.15) is 73.1 Å². The molecule has 2 aromatic carbocycles. The second-order valence-electron chi connectivity index (χ2n) is 7.70. The molecule has 5 heteroatoms. The first-order valence-corrected chi connectivity index (χ1v) is 10.5. The predicted molar refractivity (Wildman–Crippen MR) is 116 cm³/mol. The van der Waals surface area contributed by atoms with Gasteiger partial charge in [0.25, 0.3) is 11.8 Å². The molecule has 3 rings (SSSR count). The molecule has 5 nitrogen and oxygen atoms in total. The molecule has 1 fully saturated rings. The third-order valence-corrected chi connectivity index (χ3v) is 5.35. The van der Waals surface area contributed by atoms with E-state index in [0.29, 0.717) is 16.8 Å². The van der Waals surface area contributed by atoms with Gasteiger partial charge in [0.05, 0.1) is 6.10 Å². The summed E-state index contributed by atoms with van der Waals surface area (Å²) >= 11 is 0. The van der Waals surface area contributed by atoms with Crippen molar-refractivity contribution in [3.63, 3.8) is 0 Å². The molecule has 0 saturated heterocycles. The van der Waals surface area contributed by atoms with Gasteiger partial charge in [-0.25, -0.2) is 0 Å². The molecule has 1 saturated carbocycles. The van der Waals surface area contributed by atoms with Crippen LogP contribution in [0.4, 0.5) is 5.69 Å². The maximum absolute atomic E-state index is 12.5. The molecule has 1 atom stereocenters. The Hall–Kier alpha value is -2.82.